The minimum atomic E-state index is -3.95. The number of sulfonamides is 1. The molecule has 5 nitrogen and oxygen atoms in total. The Morgan fingerprint density at radius 2 is 1.95 bits per heavy atom. The summed E-state index contributed by atoms with van der Waals surface area (Å²) in [6.07, 6.45) is 0.708. The molecule has 2 rings (SSSR count). The van der Waals surface area contributed by atoms with Crippen molar-refractivity contribution in [1.82, 2.24) is 4.72 Å². The Hall–Kier alpha value is -1.02. The molecular weight excluding hydrogens is 273 g/mol. The Kier molecular flexibility index (Phi) is 4.19. The highest BCUT2D eigenvalue weighted by molar-refractivity contribution is 7.89. The minimum Gasteiger partial charge on any atom is -0.388 e. The van der Waals surface area contributed by atoms with E-state index in [0.29, 0.717) is 26.1 Å². The molecule has 1 fully saturated rings. The van der Waals surface area contributed by atoms with Crippen molar-refractivity contribution in [3.63, 3.8) is 0 Å². The molecule has 0 spiro atoms. The molecule has 19 heavy (non-hydrogen) atoms. The molecule has 0 saturated carbocycles. The normalized spacial score (nSPS) is 19.3. The van der Waals surface area contributed by atoms with Crippen LogP contribution in [0.5, 0.6) is 0 Å². The highest BCUT2D eigenvalue weighted by Crippen LogP contribution is 2.21. The second-order valence-corrected chi connectivity index (χ2v) is 6.33. The van der Waals surface area contributed by atoms with Crippen LogP contribution in [0.15, 0.2) is 29.2 Å². The van der Waals surface area contributed by atoms with E-state index in [2.05, 4.69) is 4.72 Å². The average molecular weight is 289 g/mol. The Morgan fingerprint density at radius 3 is 2.58 bits per heavy atom. The van der Waals surface area contributed by atoms with Gasteiger partial charge in [-0.3, -0.25) is 0 Å². The lowest BCUT2D eigenvalue weighted by molar-refractivity contribution is -0.0588. The zero-order valence-electron chi connectivity index (χ0n) is 10.3. The topological polar surface area (TPSA) is 75.6 Å². The van der Waals surface area contributed by atoms with E-state index in [-0.39, 0.29) is 6.54 Å². The van der Waals surface area contributed by atoms with Crippen LogP contribution in [0.2, 0.25) is 0 Å². The number of nitrogens with one attached hydrogen (secondary N) is 1. The SMILES string of the molecule is O=S(=O)(NCC1(O)CCOCC1)c1ccccc1F. The van der Waals surface area contributed by atoms with Gasteiger partial charge in [-0.2, -0.15) is 0 Å². The summed E-state index contributed by atoms with van der Waals surface area (Å²) in [6, 6.07) is 5.13. The second-order valence-electron chi connectivity index (χ2n) is 4.59. The Balaban J connectivity index is 2.08. The molecule has 0 amide bonds. The van der Waals surface area contributed by atoms with Crippen molar-refractivity contribution in [2.75, 3.05) is 19.8 Å². The van der Waals surface area contributed by atoms with Gasteiger partial charge < -0.3 is 9.84 Å². The second kappa shape index (κ2) is 5.54. The molecule has 106 valence electrons. The Morgan fingerprint density at radius 1 is 1.32 bits per heavy atom. The Bertz CT molecular complexity index is 540. The first-order valence-corrected chi connectivity index (χ1v) is 7.46. The van der Waals surface area contributed by atoms with Gasteiger partial charge in [-0.25, -0.2) is 17.5 Å². The van der Waals surface area contributed by atoms with Crippen molar-refractivity contribution in [2.24, 2.45) is 0 Å². The first kappa shape index (κ1) is 14.4. The first-order chi connectivity index (χ1) is 8.93. The van der Waals surface area contributed by atoms with Gasteiger partial charge in [0.05, 0.1) is 5.60 Å². The number of hydrogen-bond acceptors (Lipinski definition) is 4. The van der Waals surface area contributed by atoms with Gasteiger partial charge in [-0.1, -0.05) is 12.1 Å². The average Bonchev–Trinajstić information content (AvgIpc) is 2.38. The van der Waals surface area contributed by atoms with Crippen LogP contribution in [0, 0.1) is 5.82 Å². The highest BCUT2D eigenvalue weighted by Gasteiger charge is 2.32. The molecule has 0 radical (unpaired) electrons. The van der Waals surface area contributed by atoms with E-state index in [4.69, 9.17) is 4.74 Å². The van der Waals surface area contributed by atoms with Gasteiger partial charge in [0.1, 0.15) is 10.7 Å². The quantitative estimate of drug-likeness (QED) is 0.853. The summed E-state index contributed by atoms with van der Waals surface area (Å²) in [5, 5.41) is 10.2. The lowest BCUT2D eigenvalue weighted by atomic mass is 9.95. The summed E-state index contributed by atoms with van der Waals surface area (Å²) >= 11 is 0. The summed E-state index contributed by atoms with van der Waals surface area (Å²) in [7, 11) is -3.95. The fourth-order valence-electron chi connectivity index (χ4n) is 1.90. The molecule has 1 aromatic rings. The maximum atomic E-state index is 13.4. The summed E-state index contributed by atoms with van der Waals surface area (Å²) < 4.78 is 44.7. The van der Waals surface area contributed by atoms with E-state index in [0.717, 1.165) is 6.07 Å². The van der Waals surface area contributed by atoms with Crippen molar-refractivity contribution in [2.45, 2.75) is 23.3 Å². The molecule has 0 unspecified atom stereocenters. The van der Waals surface area contributed by atoms with E-state index >= 15 is 0 Å². The van der Waals surface area contributed by atoms with Gasteiger partial charge in [0.2, 0.25) is 10.0 Å². The van der Waals surface area contributed by atoms with Gasteiger partial charge in [0.25, 0.3) is 0 Å². The van der Waals surface area contributed by atoms with Crippen molar-refractivity contribution >= 4 is 10.0 Å². The zero-order valence-corrected chi connectivity index (χ0v) is 11.1. The molecule has 1 saturated heterocycles. The van der Waals surface area contributed by atoms with Crippen molar-refractivity contribution in [3.05, 3.63) is 30.1 Å². The third kappa shape index (κ3) is 3.50. The van der Waals surface area contributed by atoms with Gasteiger partial charge in [-0.05, 0) is 12.1 Å². The maximum Gasteiger partial charge on any atom is 0.243 e. The largest absolute Gasteiger partial charge is 0.388 e. The summed E-state index contributed by atoms with van der Waals surface area (Å²) in [5.74, 6) is -0.811. The number of ether oxygens (including phenoxy) is 1. The molecule has 1 aromatic carbocycles. The fraction of sp³-hybridized carbons (Fsp3) is 0.500. The van der Waals surface area contributed by atoms with Gasteiger partial charge >= 0.3 is 0 Å². The van der Waals surface area contributed by atoms with Crippen molar-refractivity contribution in [1.29, 1.82) is 0 Å². The van der Waals surface area contributed by atoms with E-state index < -0.39 is 26.3 Å². The van der Waals surface area contributed by atoms with Gasteiger partial charge in [-0.15, -0.1) is 0 Å². The lowest BCUT2D eigenvalue weighted by Gasteiger charge is -2.31. The van der Waals surface area contributed by atoms with E-state index in [1.54, 1.807) is 0 Å². The minimum absolute atomic E-state index is 0.146. The fourth-order valence-corrected chi connectivity index (χ4v) is 3.09. The molecule has 0 aliphatic carbocycles. The van der Waals surface area contributed by atoms with Crippen LogP contribution >= 0.6 is 0 Å². The predicted molar refractivity (Wildman–Crippen MR) is 66.6 cm³/mol. The third-order valence-electron chi connectivity index (χ3n) is 3.14. The number of halogens is 1. The van der Waals surface area contributed by atoms with E-state index in [1.807, 2.05) is 0 Å². The van der Waals surface area contributed by atoms with E-state index in [1.165, 1.54) is 18.2 Å². The molecule has 1 aliphatic rings. The third-order valence-corrected chi connectivity index (χ3v) is 4.58. The molecule has 1 heterocycles. The van der Waals surface area contributed by atoms with Crippen LogP contribution in [-0.2, 0) is 14.8 Å². The van der Waals surface area contributed by atoms with Crippen molar-refractivity contribution in [3.8, 4) is 0 Å². The lowest BCUT2D eigenvalue weighted by Crippen LogP contribution is -2.46. The molecule has 7 heteroatoms. The van der Waals surface area contributed by atoms with Gasteiger partial charge in [0, 0.05) is 32.6 Å². The molecular formula is C12H16FNO4S. The molecule has 2 N–H and O–H groups in total. The van der Waals surface area contributed by atoms with Crippen LogP contribution in [0.25, 0.3) is 0 Å². The standard InChI is InChI=1S/C12H16FNO4S/c13-10-3-1-2-4-11(10)19(16,17)14-9-12(15)5-7-18-8-6-12/h1-4,14-15H,5-9H2. The van der Waals surface area contributed by atoms with Crippen LogP contribution in [-0.4, -0.2) is 38.9 Å². The predicted octanol–water partition coefficient (Wildman–Crippen LogP) is 0.645. The highest BCUT2D eigenvalue weighted by atomic mass is 32.2. The first-order valence-electron chi connectivity index (χ1n) is 5.97. The number of rotatable bonds is 4. The molecule has 0 atom stereocenters. The number of aliphatic hydroxyl groups is 1. The molecule has 0 bridgehead atoms. The maximum absolute atomic E-state index is 13.4. The summed E-state index contributed by atoms with van der Waals surface area (Å²) in [6.45, 7) is 0.628. The summed E-state index contributed by atoms with van der Waals surface area (Å²) in [5.41, 5.74) is -1.13. The van der Waals surface area contributed by atoms with Crippen molar-refractivity contribution < 1.29 is 22.7 Å². The zero-order chi connectivity index (χ0) is 13.9. The van der Waals surface area contributed by atoms with Gasteiger partial charge in [0.15, 0.2) is 0 Å². The molecule has 0 aromatic heterocycles. The van der Waals surface area contributed by atoms with E-state index in [9.17, 15) is 17.9 Å². The monoisotopic (exact) mass is 289 g/mol. The number of hydrogen-bond donors (Lipinski definition) is 2. The Labute approximate surface area is 111 Å². The van der Waals surface area contributed by atoms with Crippen LogP contribution < -0.4 is 4.72 Å². The number of benzene rings is 1. The van der Waals surface area contributed by atoms with Crippen LogP contribution in [0.3, 0.4) is 0 Å². The summed E-state index contributed by atoms with van der Waals surface area (Å²) in [4.78, 5) is -0.411. The van der Waals surface area contributed by atoms with Crippen LogP contribution in [0.1, 0.15) is 12.8 Å². The smallest absolute Gasteiger partial charge is 0.243 e. The molecule has 1 aliphatic heterocycles. The van der Waals surface area contributed by atoms with Crippen LogP contribution in [0.4, 0.5) is 4.39 Å².